The maximum absolute atomic E-state index is 11.9. The van der Waals surface area contributed by atoms with E-state index in [2.05, 4.69) is 5.32 Å². The van der Waals surface area contributed by atoms with Crippen LogP contribution in [0.4, 0.5) is 5.69 Å². The summed E-state index contributed by atoms with van der Waals surface area (Å²) in [6.07, 6.45) is 2.73. The molecule has 1 heterocycles. The van der Waals surface area contributed by atoms with Gasteiger partial charge in [0.15, 0.2) is 0 Å². The second-order valence-electron chi connectivity index (χ2n) is 11.4. The molecule has 0 radical (unpaired) electrons. The molecule has 0 atom stereocenters. The number of carbonyl (C=O) groups is 3. The number of carbonyl (C=O) groups excluding carboxylic acids is 3. The third-order valence-electron chi connectivity index (χ3n) is 7.08. The van der Waals surface area contributed by atoms with Crippen LogP contribution < -0.4 is 5.32 Å². The van der Waals surface area contributed by atoms with Gasteiger partial charge in [0.25, 0.3) is 11.8 Å². The van der Waals surface area contributed by atoms with Crippen molar-refractivity contribution in [1.82, 2.24) is 4.90 Å². The zero-order valence-electron chi connectivity index (χ0n) is 31.9. The molecule has 1 aliphatic rings. The molecule has 1 aromatic rings. The summed E-state index contributed by atoms with van der Waals surface area (Å²) < 4.78 is 65.4. The molecule has 0 bridgehead atoms. The lowest BCUT2D eigenvalue weighted by Gasteiger charge is -2.13. The van der Waals surface area contributed by atoms with Crippen LogP contribution in [0.25, 0.3) is 0 Å². The van der Waals surface area contributed by atoms with Crippen LogP contribution in [-0.2, 0) is 71.2 Å². The summed E-state index contributed by atoms with van der Waals surface area (Å²) in [4.78, 5) is 35.8. The average Bonchev–Trinajstić information content (AvgIpc) is 3.50. The highest BCUT2D eigenvalue weighted by molar-refractivity contribution is 6.12. The van der Waals surface area contributed by atoms with Crippen LogP contribution in [-0.4, -0.2) is 193 Å². The van der Waals surface area contributed by atoms with E-state index in [1.807, 2.05) is 0 Å². The van der Waals surface area contributed by atoms with Gasteiger partial charge in [0.1, 0.15) is 5.75 Å². The molecule has 0 fully saturated rings. The van der Waals surface area contributed by atoms with Crippen molar-refractivity contribution in [3.8, 4) is 5.75 Å². The van der Waals surface area contributed by atoms with E-state index in [4.69, 9.17) is 56.8 Å². The van der Waals surface area contributed by atoms with E-state index < -0.39 is 0 Å². The van der Waals surface area contributed by atoms with E-state index in [0.717, 1.165) is 4.90 Å². The molecule has 0 saturated heterocycles. The van der Waals surface area contributed by atoms with Gasteiger partial charge < -0.3 is 67.3 Å². The van der Waals surface area contributed by atoms with Crippen LogP contribution in [0, 0.1) is 0 Å². The van der Waals surface area contributed by atoms with Gasteiger partial charge in [-0.3, -0.25) is 19.3 Å². The first kappa shape index (κ1) is 48.0. The molecule has 18 nitrogen and oxygen atoms in total. The van der Waals surface area contributed by atoms with Gasteiger partial charge in [0.05, 0.1) is 172 Å². The minimum absolute atomic E-state index is 0.145. The monoisotopic (exact) mass is 788 g/mol. The van der Waals surface area contributed by atoms with Crippen molar-refractivity contribution in [2.24, 2.45) is 0 Å². The Balaban J connectivity index is 1.14. The van der Waals surface area contributed by atoms with Gasteiger partial charge >= 0.3 is 0 Å². The molecule has 18 heteroatoms. The SMILES string of the molecule is O=C(CCOCCOCCOCCOCCOCCOCCOCCOCCOCCOCCOCCOCCN1C(=O)C=CC1=O)Nc1ccc(O)cc1. The third-order valence-corrected chi connectivity index (χ3v) is 7.08. The fourth-order valence-electron chi connectivity index (χ4n) is 4.26. The number of benzene rings is 1. The highest BCUT2D eigenvalue weighted by Gasteiger charge is 2.22. The number of phenols is 1. The number of rotatable bonds is 40. The Hall–Kier alpha value is -3.11. The van der Waals surface area contributed by atoms with Crippen LogP contribution in [0.2, 0.25) is 0 Å². The van der Waals surface area contributed by atoms with E-state index in [0.29, 0.717) is 158 Å². The predicted octanol–water partition coefficient (Wildman–Crippen LogP) is 0.845. The first-order chi connectivity index (χ1) is 27.1. The molecule has 2 N–H and O–H groups in total. The van der Waals surface area contributed by atoms with Crippen LogP contribution in [0.5, 0.6) is 5.75 Å². The predicted molar refractivity (Wildman–Crippen MR) is 197 cm³/mol. The fourth-order valence-corrected chi connectivity index (χ4v) is 4.26. The van der Waals surface area contributed by atoms with Crippen molar-refractivity contribution < 1.29 is 76.3 Å². The van der Waals surface area contributed by atoms with Crippen molar-refractivity contribution in [3.63, 3.8) is 0 Å². The molecule has 2 rings (SSSR count). The minimum atomic E-state index is -0.312. The highest BCUT2D eigenvalue weighted by Crippen LogP contribution is 2.13. The Labute approximate surface area is 323 Å². The summed E-state index contributed by atoms with van der Waals surface area (Å²) >= 11 is 0. The largest absolute Gasteiger partial charge is 0.508 e. The van der Waals surface area contributed by atoms with Gasteiger partial charge in [-0.15, -0.1) is 0 Å². The molecule has 3 amide bonds. The number of imide groups is 1. The third kappa shape index (κ3) is 28.9. The number of anilines is 1. The standard InChI is InChI=1S/C37H60N2O16/c40-34-3-1-33(2-4-34)38-35(41)7-9-44-11-13-46-15-17-48-19-21-50-23-25-52-27-29-54-31-32-55-30-28-53-26-24-51-22-20-49-18-16-47-14-12-45-10-8-39-36(42)5-6-37(39)43/h1-6,40H,7-32H2,(H,38,41). The lowest BCUT2D eigenvalue weighted by atomic mass is 10.3. The molecule has 0 saturated carbocycles. The number of phenolic OH excluding ortho intramolecular Hbond substituents is 1. The fraction of sp³-hybridized carbons (Fsp3) is 0.703. The number of amides is 3. The van der Waals surface area contributed by atoms with Crippen LogP contribution in [0.15, 0.2) is 36.4 Å². The van der Waals surface area contributed by atoms with Gasteiger partial charge in [-0.25, -0.2) is 0 Å². The van der Waals surface area contributed by atoms with Crippen molar-refractivity contribution in [2.45, 2.75) is 6.42 Å². The van der Waals surface area contributed by atoms with E-state index >= 15 is 0 Å². The second kappa shape index (κ2) is 35.3. The Bertz CT molecular complexity index is 1110. The van der Waals surface area contributed by atoms with Crippen molar-refractivity contribution in [2.75, 3.05) is 170 Å². The molecule has 1 aliphatic heterocycles. The lowest BCUT2D eigenvalue weighted by molar-refractivity contribution is -0.137. The maximum atomic E-state index is 11.9. The Kier molecular flexibility index (Phi) is 30.8. The molecular weight excluding hydrogens is 728 g/mol. The molecule has 0 unspecified atom stereocenters. The van der Waals surface area contributed by atoms with Crippen molar-refractivity contribution in [1.29, 1.82) is 0 Å². The van der Waals surface area contributed by atoms with E-state index in [9.17, 15) is 19.5 Å². The summed E-state index contributed by atoms with van der Waals surface area (Å²) in [5, 5.41) is 12.0. The summed E-state index contributed by atoms with van der Waals surface area (Å²) in [6, 6.07) is 6.27. The van der Waals surface area contributed by atoms with Gasteiger partial charge in [0, 0.05) is 17.8 Å². The summed E-state index contributed by atoms with van der Waals surface area (Å²) in [5.41, 5.74) is 0.621. The quantitative estimate of drug-likeness (QED) is 0.0539. The topological polar surface area (TPSA) is 197 Å². The van der Waals surface area contributed by atoms with E-state index in [1.54, 1.807) is 12.1 Å². The number of aromatic hydroxyl groups is 1. The lowest BCUT2D eigenvalue weighted by Crippen LogP contribution is -2.33. The first-order valence-corrected chi connectivity index (χ1v) is 18.6. The highest BCUT2D eigenvalue weighted by atomic mass is 16.6. The molecule has 0 spiro atoms. The van der Waals surface area contributed by atoms with Crippen LogP contribution in [0.1, 0.15) is 6.42 Å². The van der Waals surface area contributed by atoms with Gasteiger partial charge in [-0.1, -0.05) is 0 Å². The molecule has 55 heavy (non-hydrogen) atoms. The van der Waals surface area contributed by atoms with Gasteiger partial charge in [-0.05, 0) is 24.3 Å². The molecular formula is C37H60N2O16. The number of nitrogens with zero attached hydrogens (tertiary/aromatic N) is 1. The van der Waals surface area contributed by atoms with Crippen molar-refractivity contribution >= 4 is 23.4 Å². The first-order valence-electron chi connectivity index (χ1n) is 18.6. The zero-order chi connectivity index (χ0) is 39.3. The minimum Gasteiger partial charge on any atom is -0.508 e. The van der Waals surface area contributed by atoms with E-state index in [-0.39, 0.29) is 43.0 Å². The number of nitrogens with one attached hydrogen (secondary N) is 1. The van der Waals surface area contributed by atoms with Gasteiger partial charge in [-0.2, -0.15) is 0 Å². The van der Waals surface area contributed by atoms with E-state index in [1.165, 1.54) is 24.3 Å². The normalized spacial score (nSPS) is 12.7. The maximum Gasteiger partial charge on any atom is 0.253 e. The molecule has 0 aliphatic carbocycles. The number of hydrogen-bond acceptors (Lipinski definition) is 16. The summed E-state index contributed by atoms with van der Waals surface area (Å²) in [5.74, 6) is -0.641. The Morgan fingerprint density at radius 2 is 0.709 bits per heavy atom. The van der Waals surface area contributed by atoms with Gasteiger partial charge in [0.2, 0.25) is 5.91 Å². The zero-order valence-corrected chi connectivity index (χ0v) is 31.9. The second-order valence-corrected chi connectivity index (χ2v) is 11.4. The van der Waals surface area contributed by atoms with Crippen LogP contribution in [0.3, 0.4) is 0 Å². The Morgan fingerprint density at radius 3 is 1.02 bits per heavy atom. The number of hydrogen-bond donors (Lipinski definition) is 2. The summed E-state index contributed by atoms with van der Waals surface area (Å²) in [6.45, 7) is 10.7. The number of ether oxygens (including phenoxy) is 12. The molecule has 0 aromatic heterocycles. The smallest absolute Gasteiger partial charge is 0.253 e. The molecule has 1 aromatic carbocycles. The summed E-state index contributed by atoms with van der Waals surface area (Å²) in [7, 11) is 0. The average molecular weight is 789 g/mol. The molecule has 314 valence electrons. The van der Waals surface area contributed by atoms with Crippen molar-refractivity contribution in [3.05, 3.63) is 36.4 Å². The Morgan fingerprint density at radius 1 is 0.436 bits per heavy atom. The van der Waals surface area contributed by atoms with Crippen LogP contribution >= 0.6 is 0 Å².